The van der Waals surface area contributed by atoms with Crippen LogP contribution in [0.5, 0.6) is 0 Å². The molecule has 2 aromatic heterocycles. The normalized spacial score (nSPS) is 13.5. The van der Waals surface area contributed by atoms with Gasteiger partial charge in [-0.15, -0.1) is 0 Å². The van der Waals surface area contributed by atoms with Gasteiger partial charge in [0.05, 0.1) is 11.1 Å². The highest BCUT2D eigenvalue weighted by atomic mass is 16.5. The number of pyridine rings is 1. The van der Waals surface area contributed by atoms with Crippen LogP contribution < -0.4 is 5.32 Å². The van der Waals surface area contributed by atoms with Crippen molar-refractivity contribution < 1.29 is 14.1 Å². The van der Waals surface area contributed by atoms with Crippen LogP contribution in [0.2, 0.25) is 0 Å². The van der Waals surface area contributed by atoms with Crippen LogP contribution in [0.4, 0.5) is 0 Å². The Morgan fingerprint density at radius 1 is 1.22 bits per heavy atom. The van der Waals surface area contributed by atoms with Crippen molar-refractivity contribution in [3.8, 4) is 0 Å². The number of carbonyl (C=O) groups excluding carboxylic acids is 1. The molecule has 0 unspecified atom stereocenters. The SMILES string of the molecule is COCc1nc(CCNC(=O)c2c3c(nc4ccccc24)CCCC3)no1. The third-order valence-electron chi connectivity index (χ3n) is 4.81. The van der Waals surface area contributed by atoms with E-state index in [4.69, 9.17) is 14.2 Å². The van der Waals surface area contributed by atoms with Crippen LogP contribution in [0.3, 0.4) is 0 Å². The van der Waals surface area contributed by atoms with Gasteiger partial charge in [-0.3, -0.25) is 9.78 Å². The zero-order valence-electron chi connectivity index (χ0n) is 15.3. The summed E-state index contributed by atoms with van der Waals surface area (Å²) >= 11 is 0. The topological polar surface area (TPSA) is 90.1 Å². The molecule has 7 heteroatoms. The molecule has 27 heavy (non-hydrogen) atoms. The fourth-order valence-corrected chi connectivity index (χ4v) is 3.58. The van der Waals surface area contributed by atoms with Crippen molar-refractivity contribution >= 4 is 16.8 Å². The summed E-state index contributed by atoms with van der Waals surface area (Å²) in [6.45, 7) is 0.727. The van der Waals surface area contributed by atoms with E-state index in [-0.39, 0.29) is 12.5 Å². The summed E-state index contributed by atoms with van der Waals surface area (Å²) in [4.78, 5) is 22.0. The second-order valence-corrected chi connectivity index (χ2v) is 6.68. The molecule has 7 nitrogen and oxygen atoms in total. The fraction of sp³-hybridized carbons (Fsp3) is 0.400. The third kappa shape index (κ3) is 3.68. The number of nitrogens with one attached hydrogen (secondary N) is 1. The van der Waals surface area contributed by atoms with Crippen LogP contribution in [0.1, 0.15) is 46.2 Å². The molecule has 0 bridgehead atoms. The second-order valence-electron chi connectivity index (χ2n) is 6.68. The van der Waals surface area contributed by atoms with Crippen molar-refractivity contribution in [1.82, 2.24) is 20.4 Å². The lowest BCUT2D eigenvalue weighted by Gasteiger charge is -2.20. The highest BCUT2D eigenvalue weighted by Crippen LogP contribution is 2.29. The lowest BCUT2D eigenvalue weighted by atomic mass is 9.89. The van der Waals surface area contributed by atoms with Gasteiger partial charge in [0.25, 0.3) is 11.8 Å². The van der Waals surface area contributed by atoms with Crippen LogP contribution in [-0.2, 0) is 30.6 Å². The largest absolute Gasteiger partial charge is 0.375 e. The van der Waals surface area contributed by atoms with E-state index in [1.54, 1.807) is 7.11 Å². The van der Waals surface area contributed by atoms with E-state index in [2.05, 4.69) is 15.5 Å². The minimum atomic E-state index is -0.0626. The highest BCUT2D eigenvalue weighted by Gasteiger charge is 2.22. The molecule has 0 spiro atoms. The number of fused-ring (bicyclic) bond motifs is 2. The maximum Gasteiger partial charge on any atom is 0.252 e. The first kappa shape index (κ1) is 17.6. The number of nitrogens with zero attached hydrogens (tertiary/aromatic N) is 3. The first-order valence-corrected chi connectivity index (χ1v) is 9.25. The molecule has 140 valence electrons. The summed E-state index contributed by atoms with van der Waals surface area (Å²) in [5.74, 6) is 0.935. The van der Waals surface area contributed by atoms with Crippen molar-refractivity contribution in [3.05, 3.63) is 52.8 Å². The number of methoxy groups -OCH3 is 1. The number of rotatable bonds is 6. The Morgan fingerprint density at radius 2 is 2.07 bits per heavy atom. The fourth-order valence-electron chi connectivity index (χ4n) is 3.58. The number of carbonyl (C=O) groups is 1. The molecule has 1 N–H and O–H groups in total. The molecule has 1 amide bonds. The van der Waals surface area contributed by atoms with Crippen LogP contribution >= 0.6 is 0 Å². The predicted molar refractivity (Wildman–Crippen MR) is 99.4 cm³/mol. The van der Waals surface area contributed by atoms with Gasteiger partial charge in [-0.05, 0) is 37.3 Å². The minimum absolute atomic E-state index is 0.0626. The van der Waals surface area contributed by atoms with Crippen molar-refractivity contribution in [2.45, 2.75) is 38.7 Å². The first-order chi connectivity index (χ1) is 13.3. The molecule has 3 aromatic rings. The van der Waals surface area contributed by atoms with Gasteiger partial charge in [-0.1, -0.05) is 23.4 Å². The second kappa shape index (κ2) is 7.84. The number of benzene rings is 1. The van der Waals surface area contributed by atoms with E-state index in [1.165, 1.54) is 0 Å². The molecular formula is C20H22N4O3. The monoisotopic (exact) mass is 366 g/mol. The van der Waals surface area contributed by atoms with Gasteiger partial charge in [0.2, 0.25) is 0 Å². The maximum atomic E-state index is 13.0. The average molecular weight is 366 g/mol. The average Bonchev–Trinajstić information content (AvgIpc) is 3.13. The van der Waals surface area contributed by atoms with E-state index < -0.39 is 0 Å². The number of aryl methyl sites for hydroxylation is 1. The zero-order chi connectivity index (χ0) is 18.6. The van der Waals surface area contributed by atoms with E-state index in [0.717, 1.165) is 53.4 Å². The lowest BCUT2D eigenvalue weighted by Crippen LogP contribution is -2.28. The van der Waals surface area contributed by atoms with E-state index in [0.29, 0.717) is 24.7 Å². The Hall–Kier alpha value is -2.80. The molecule has 1 aromatic carbocycles. The first-order valence-electron chi connectivity index (χ1n) is 9.25. The standard InChI is InChI=1S/C20H22N4O3/c1-26-12-18-23-17(24-27-18)10-11-21-20(25)19-13-6-2-4-8-15(13)22-16-9-5-3-7-14(16)19/h2,4,6,8H,3,5,7,9-12H2,1H3,(H,21,25). The molecular weight excluding hydrogens is 344 g/mol. The smallest absolute Gasteiger partial charge is 0.252 e. The van der Waals surface area contributed by atoms with Crippen LogP contribution in [0, 0.1) is 0 Å². The lowest BCUT2D eigenvalue weighted by molar-refractivity contribution is 0.0954. The summed E-state index contributed by atoms with van der Waals surface area (Å²) in [5, 5.41) is 7.82. The van der Waals surface area contributed by atoms with E-state index >= 15 is 0 Å². The van der Waals surface area contributed by atoms with Crippen LogP contribution in [0.25, 0.3) is 10.9 Å². The Kier molecular flexibility index (Phi) is 5.11. The molecule has 1 aliphatic carbocycles. The van der Waals surface area contributed by atoms with Gasteiger partial charge < -0.3 is 14.6 Å². The Labute approximate surface area is 157 Å². The van der Waals surface area contributed by atoms with Crippen molar-refractivity contribution in [1.29, 1.82) is 0 Å². The van der Waals surface area contributed by atoms with Crippen LogP contribution in [0.15, 0.2) is 28.8 Å². The van der Waals surface area contributed by atoms with Gasteiger partial charge in [0, 0.05) is 31.2 Å². The van der Waals surface area contributed by atoms with Gasteiger partial charge in [0.1, 0.15) is 6.61 Å². The van der Waals surface area contributed by atoms with E-state index in [9.17, 15) is 4.79 Å². The van der Waals surface area contributed by atoms with Gasteiger partial charge in [-0.25, -0.2) is 0 Å². The molecule has 0 aliphatic heterocycles. The Bertz CT molecular complexity index is 967. The number of hydrogen-bond donors (Lipinski definition) is 1. The Balaban J connectivity index is 1.53. The minimum Gasteiger partial charge on any atom is -0.375 e. The molecule has 4 rings (SSSR count). The highest BCUT2D eigenvalue weighted by molar-refractivity contribution is 6.07. The van der Waals surface area contributed by atoms with Gasteiger partial charge in [-0.2, -0.15) is 4.98 Å². The summed E-state index contributed by atoms with van der Waals surface area (Å²) in [5.41, 5.74) is 3.81. The number of ether oxygens (including phenoxy) is 1. The third-order valence-corrected chi connectivity index (χ3v) is 4.81. The number of amides is 1. The molecule has 0 atom stereocenters. The van der Waals surface area contributed by atoms with Crippen molar-refractivity contribution in [3.63, 3.8) is 0 Å². The summed E-state index contributed by atoms with van der Waals surface area (Å²) < 4.78 is 10.0. The molecule has 2 heterocycles. The quantitative estimate of drug-likeness (QED) is 0.721. The number of para-hydroxylation sites is 1. The van der Waals surface area contributed by atoms with Gasteiger partial charge in [0.15, 0.2) is 5.82 Å². The summed E-state index contributed by atoms with van der Waals surface area (Å²) in [6, 6.07) is 7.85. The van der Waals surface area contributed by atoms with Crippen molar-refractivity contribution in [2.24, 2.45) is 0 Å². The molecule has 0 saturated heterocycles. The van der Waals surface area contributed by atoms with Crippen molar-refractivity contribution in [2.75, 3.05) is 13.7 Å². The zero-order valence-corrected chi connectivity index (χ0v) is 15.3. The molecule has 0 fully saturated rings. The summed E-state index contributed by atoms with van der Waals surface area (Å²) in [7, 11) is 1.57. The maximum absolute atomic E-state index is 13.0. The molecule has 0 saturated carbocycles. The summed E-state index contributed by atoms with van der Waals surface area (Å²) in [6.07, 6.45) is 4.57. The van der Waals surface area contributed by atoms with Crippen LogP contribution in [-0.4, -0.2) is 34.7 Å². The molecule has 0 radical (unpaired) electrons. The number of aromatic nitrogens is 3. The van der Waals surface area contributed by atoms with E-state index in [1.807, 2.05) is 24.3 Å². The molecule has 1 aliphatic rings. The predicted octanol–water partition coefficient (Wildman–Crippen LogP) is 2.62. The van der Waals surface area contributed by atoms with Gasteiger partial charge >= 0.3 is 0 Å². The Morgan fingerprint density at radius 3 is 2.96 bits per heavy atom. The number of hydrogen-bond acceptors (Lipinski definition) is 6.